The minimum atomic E-state index is -3.75. The van der Waals surface area contributed by atoms with Crippen LogP contribution in [0.3, 0.4) is 0 Å². The van der Waals surface area contributed by atoms with E-state index in [4.69, 9.17) is 0 Å². The van der Waals surface area contributed by atoms with Gasteiger partial charge in [-0.15, -0.1) is 0 Å². The maximum Gasteiger partial charge on any atom is 0.267 e. The lowest BCUT2D eigenvalue weighted by molar-refractivity contribution is 0.179. The molecule has 21 heavy (non-hydrogen) atoms. The third kappa shape index (κ3) is 3.43. The monoisotopic (exact) mass is 309 g/mol. The van der Waals surface area contributed by atoms with Gasteiger partial charge in [-0.3, -0.25) is 8.99 Å². The van der Waals surface area contributed by atoms with Gasteiger partial charge in [-0.1, -0.05) is 25.1 Å². The summed E-state index contributed by atoms with van der Waals surface area (Å²) in [5, 5.41) is 13.8. The molecule has 2 rings (SSSR count). The van der Waals surface area contributed by atoms with Gasteiger partial charge in [0.25, 0.3) is 10.0 Å². The summed E-state index contributed by atoms with van der Waals surface area (Å²) >= 11 is 0. The van der Waals surface area contributed by atoms with E-state index in [1.165, 1.54) is 21.4 Å². The van der Waals surface area contributed by atoms with Crippen molar-refractivity contribution in [2.24, 2.45) is 7.05 Å². The second kappa shape index (κ2) is 6.28. The molecule has 1 atom stereocenters. The van der Waals surface area contributed by atoms with Crippen molar-refractivity contribution >= 4 is 15.7 Å². The Hall–Kier alpha value is -1.86. The highest BCUT2D eigenvalue weighted by Crippen LogP contribution is 2.23. The smallest absolute Gasteiger partial charge is 0.267 e. The maximum atomic E-state index is 12.8. The molecule has 0 saturated heterocycles. The van der Waals surface area contributed by atoms with E-state index in [2.05, 4.69) is 5.10 Å². The number of aliphatic hydroxyl groups is 1. The fourth-order valence-corrected chi connectivity index (χ4v) is 3.40. The van der Waals surface area contributed by atoms with Gasteiger partial charge in [0, 0.05) is 13.2 Å². The minimum absolute atomic E-state index is 0.0116. The summed E-state index contributed by atoms with van der Waals surface area (Å²) in [5.41, 5.74) is 0.522. The Balaban J connectivity index is 2.44. The molecule has 0 amide bonds. The fraction of sp³-hybridized carbons (Fsp3) is 0.357. The average Bonchev–Trinajstić information content (AvgIpc) is 2.92. The Kier molecular flexibility index (Phi) is 4.64. The maximum absolute atomic E-state index is 12.8. The van der Waals surface area contributed by atoms with E-state index in [0.717, 1.165) is 0 Å². The molecule has 1 heterocycles. The van der Waals surface area contributed by atoms with E-state index < -0.39 is 16.1 Å². The number of nitrogens with zero attached hydrogens (tertiary/aromatic N) is 3. The Morgan fingerprint density at radius 3 is 2.52 bits per heavy atom. The number of aryl methyl sites for hydroxylation is 1. The van der Waals surface area contributed by atoms with Crippen LogP contribution in [-0.4, -0.2) is 36.0 Å². The van der Waals surface area contributed by atoms with Crippen LogP contribution in [0, 0.1) is 0 Å². The molecular formula is C14H19N3O3S. The first kappa shape index (κ1) is 15.5. The van der Waals surface area contributed by atoms with Gasteiger partial charge in [-0.25, -0.2) is 8.42 Å². The molecule has 0 radical (unpaired) electrons. The van der Waals surface area contributed by atoms with Crippen LogP contribution in [0.5, 0.6) is 0 Å². The predicted octanol–water partition coefficient (Wildman–Crippen LogP) is 1.39. The van der Waals surface area contributed by atoms with Gasteiger partial charge in [0.05, 0.1) is 24.5 Å². The summed E-state index contributed by atoms with van der Waals surface area (Å²) < 4.78 is 28.2. The van der Waals surface area contributed by atoms with E-state index in [-0.39, 0.29) is 11.4 Å². The second-order valence-electron chi connectivity index (χ2n) is 4.78. The van der Waals surface area contributed by atoms with Gasteiger partial charge in [0.2, 0.25) is 0 Å². The second-order valence-corrected chi connectivity index (χ2v) is 6.65. The van der Waals surface area contributed by atoms with Crippen molar-refractivity contribution in [3.05, 3.63) is 42.7 Å². The zero-order valence-corrected chi connectivity index (χ0v) is 12.9. The van der Waals surface area contributed by atoms with Gasteiger partial charge in [-0.05, 0) is 18.6 Å². The SMILES string of the molecule is CCC(O)CN(c1ccccc1)S(=O)(=O)c1cnn(C)c1. The van der Waals surface area contributed by atoms with E-state index >= 15 is 0 Å². The molecule has 0 bridgehead atoms. The average molecular weight is 309 g/mol. The van der Waals surface area contributed by atoms with Crippen molar-refractivity contribution in [2.75, 3.05) is 10.8 Å². The van der Waals surface area contributed by atoms with E-state index in [1.807, 2.05) is 13.0 Å². The van der Waals surface area contributed by atoms with Gasteiger partial charge >= 0.3 is 0 Å². The molecule has 0 spiro atoms. The highest BCUT2D eigenvalue weighted by Gasteiger charge is 2.27. The fourth-order valence-electron chi connectivity index (χ4n) is 1.92. The number of rotatable bonds is 6. The number of hydrogen-bond donors (Lipinski definition) is 1. The highest BCUT2D eigenvalue weighted by molar-refractivity contribution is 7.92. The van der Waals surface area contributed by atoms with E-state index in [0.29, 0.717) is 12.1 Å². The van der Waals surface area contributed by atoms with Crippen molar-refractivity contribution in [3.8, 4) is 0 Å². The molecule has 1 unspecified atom stereocenters. The quantitative estimate of drug-likeness (QED) is 0.875. The van der Waals surface area contributed by atoms with Crippen molar-refractivity contribution in [3.63, 3.8) is 0 Å². The molecule has 0 aliphatic heterocycles. The molecule has 0 aliphatic rings. The molecule has 0 saturated carbocycles. The first-order chi connectivity index (χ1) is 9.95. The van der Waals surface area contributed by atoms with Crippen LogP contribution < -0.4 is 4.31 Å². The molecule has 0 aliphatic carbocycles. The van der Waals surface area contributed by atoms with E-state index in [1.54, 1.807) is 31.3 Å². The number of benzene rings is 1. The normalized spacial score (nSPS) is 13.1. The summed E-state index contributed by atoms with van der Waals surface area (Å²) in [6, 6.07) is 8.75. The number of para-hydroxylation sites is 1. The number of sulfonamides is 1. The van der Waals surface area contributed by atoms with Crippen LogP contribution in [0.2, 0.25) is 0 Å². The summed E-state index contributed by atoms with van der Waals surface area (Å²) in [6.07, 6.45) is 2.51. The topological polar surface area (TPSA) is 75.4 Å². The van der Waals surface area contributed by atoms with E-state index in [9.17, 15) is 13.5 Å². The summed E-state index contributed by atoms with van der Waals surface area (Å²) in [5.74, 6) is 0. The Morgan fingerprint density at radius 1 is 1.33 bits per heavy atom. The van der Waals surface area contributed by atoms with Crippen LogP contribution in [0.1, 0.15) is 13.3 Å². The third-order valence-corrected chi connectivity index (χ3v) is 4.91. The van der Waals surface area contributed by atoms with Crippen molar-refractivity contribution in [1.29, 1.82) is 0 Å². The molecule has 7 heteroatoms. The molecule has 1 aromatic heterocycles. The Bertz CT molecular complexity index is 682. The summed E-state index contributed by atoms with van der Waals surface area (Å²) in [6.45, 7) is 1.82. The van der Waals surface area contributed by atoms with Crippen LogP contribution in [0.25, 0.3) is 0 Å². The Morgan fingerprint density at radius 2 is 2.00 bits per heavy atom. The minimum Gasteiger partial charge on any atom is -0.391 e. The van der Waals surface area contributed by atoms with Crippen LogP contribution >= 0.6 is 0 Å². The van der Waals surface area contributed by atoms with Crippen molar-refractivity contribution < 1.29 is 13.5 Å². The van der Waals surface area contributed by atoms with Crippen molar-refractivity contribution in [1.82, 2.24) is 9.78 Å². The lowest BCUT2D eigenvalue weighted by Crippen LogP contribution is -2.37. The van der Waals surface area contributed by atoms with Crippen LogP contribution in [0.15, 0.2) is 47.6 Å². The molecule has 6 nitrogen and oxygen atoms in total. The molecule has 2 aromatic rings. The van der Waals surface area contributed by atoms with Crippen molar-refractivity contribution in [2.45, 2.75) is 24.3 Å². The highest BCUT2D eigenvalue weighted by atomic mass is 32.2. The molecular weight excluding hydrogens is 290 g/mol. The third-order valence-electron chi connectivity index (χ3n) is 3.16. The van der Waals surface area contributed by atoms with Gasteiger partial charge in [0.1, 0.15) is 4.90 Å². The number of aromatic nitrogens is 2. The predicted molar refractivity (Wildman–Crippen MR) is 80.5 cm³/mol. The molecule has 0 fully saturated rings. The first-order valence-electron chi connectivity index (χ1n) is 6.69. The van der Waals surface area contributed by atoms with Crippen LogP contribution in [0.4, 0.5) is 5.69 Å². The summed E-state index contributed by atoms with van der Waals surface area (Å²) in [4.78, 5) is 0.108. The lowest BCUT2D eigenvalue weighted by atomic mass is 10.2. The van der Waals surface area contributed by atoms with Gasteiger partial charge in [-0.2, -0.15) is 5.10 Å². The number of anilines is 1. The molecule has 1 aromatic carbocycles. The lowest BCUT2D eigenvalue weighted by Gasteiger charge is -2.25. The molecule has 1 N–H and O–H groups in total. The zero-order valence-electron chi connectivity index (χ0n) is 12.0. The van der Waals surface area contributed by atoms with Gasteiger partial charge < -0.3 is 5.11 Å². The number of aliphatic hydroxyl groups excluding tert-OH is 1. The van der Waals surface area contributed by atoms with Crippen LogP contribution in [-0.2, 0) is 17.1 Å². The largest absolute Gasteiger partial charge is 0.391 e. The standard InChI is InChI=1S/C14H19N3O3S/c1-3-13(18)10-17(12-7-5-4-6-8-12)21(19,20)14-9-15-16(2)11-14/h4-9,11,13,18H,3,10H2,1-2H3. The number of hydrogen-bond acceptors (Lipinski definition) is 4. The first-order valence-corrected chi connectivity index (χ1v) is 8.13. The zero-order chi connectivity index (χ0) is 15.5. The van der Waals surface area contributed by atoms with Gasteiger partial charge in [0.15, 0.2) is 0 Å². The Labute approximate surface area is 124 Å². The molecule has 114 valence electrons. The summed E-state index contributed by atoms with van der Waals surface area (Å²) in [7, 11) is -2.09.